The van der Waals surface area contributed by atoms with E-state index in [1.54, 1.807) is 42.3 Å². The van der Waals surface area contributed by atoms with E-state index in [0.29, 0.717) is 11.3 Å². The van der Waals surface area contributed by atoms with Gasteiger partial charge in [-0.2, -0.15) is 10.5 Å². The summed E-state index contributed by atoms with van der Waals surface area (Å²) < 4.78 is 13.4. The van der Waals surface area contributed by atoms with Gasteiger partial charge >= 0.3 is 0 Å². The van der Waals surface area contributed by atoms with Crippen molar-refractivity contribution in [1.29, 1.82) is 10.5 Å². The van der Waals surface area contributed by atoms with Gasteiger partial charge in [-0.1, -0.05) is 0 Å². The summed E-state index contributed by atoms with van der Waals surface area (Å²) in [5, 5.41) is 17.6. The number of anilines is 2. The average molecular weight is 251 g/mol. The molecule has 0 aliphatic carbocycles. The lowest BCUT2D eigenvalue weighted by molar-refractivity contribution is 0.627. The average Bonchev–Trinajstić information content (AvgIpc) is 2.46. The van der Waals surface area contributed by atoms with Crippen molar-refractivity contribution in [1.82, 2.24) is 0 Å². The summed E-state index contributed by atoms with van der Waals surface area (Å²) in [6, 6.07) is 15.1. The van der Waals surface area contributed by atoms with E-state index >= 15 is 0 Å². The molecule has 19 heavy (non-hydrogen) atoms. The minimum Gasteiger partial charge on any atom is -0.345 e. The molecule has 0 radical (unpaired) electrons. The molecule has 4 heteroatoms. The van der Waals surface area contributed by atoms with Crippen molar-refractivity contribution in [2.24, 2.45) is 0 Å². The molecule has 0 N–H and O–H groups in total. The van der Waals surface area contributed by atoms with E-state index in [4.69, 9.17) is 10.5 Å². The standard InChI is InChI=1S/C15H10FN3/c1-19(14-4-2-11(9-17)3-5-14)15-7-12(10-18)6-13(16)8-15/h2-8H,1H3. The fourth-order valence-electron chi connectivity index (χ4n) is 1.74. The molecule has 0 saturated carbocycles. The Morgan fingerprint density at radius 1 is 0.895 bits per heavy atom. The van der Waals surface area contributed by atoms with E-state index in [-0.39, 0.29) is 5.56 Å². The van der Waals surface area contributed by atoms with Gasteiger partial charge in [-0.3, -0.25) is 0 Å². The van der Waals surface area contributed by atoms with Gasteiger partial charge in [-0.25, -0.2) is 4.39 Å². The molecular weight excluding hydrogens is 241 g/mol. The van der Waals surface area contributed by atoms with Crippen molar-refractivity contribution >= 4 is 11.4 Å². The highest BCUT2D eigenvalue weighted by Gasteiger charge is 2.07. The van der Waals surface area contributed by atoms with Crippen molar-refractivity contribution in [2.45, 2.75) is 0 Å². The van der Waals surface area contributed by atoms with Crippen LogP contribution in [0.1, 0.15) is 11.1 Å². The number of rotatable bonds is 2. The third-order valence-corrected chi connectivity index (χ3v) is 2.78. The predicted molar refractivity (Wildman–Crippen MR) is 70.3 cm³/mol. The first-order valence-electron chi connectivity index (χ1n) is 5.58. The van der Waals surface area contributed by atoms with Crippen molar-refractivity contribution in [3.8, 4) is 12.1 Å². The largest absolute Gasteiger partial charge is 0.345 e. The maximum absolute atomic E-state index is 13.4. The molecule has 0 unspecified atom stereocenters. The van der Waals surface area contributed by atoms with Crippen molar-refractivity contribution in [3.05, 3.63) is 59.4 Å². The first-order valence-corrected chi connectivity index (χ1v) is 5.58. The smallest absolute Gasteiger partial charge is 0.126 e. The summed E-state index contributed by atoms with van der Waals surface area (Å²) in [5.41, 5.74) is 2.24. The van der Waals surface area contributed by atoms with Crippen LogP contribution in [0.15, 0.2) is 42.5 Å². The second-order valence-electron chi connectivity index (χ2n) is 4.03. The third kappa shape index (κ3) is 2.70. The number of benzene rings is 2. The Kier molecular flexibility index (Phi) is 3.45. The van der Waals surface area contributed by atoms with Crippen molar-refractivity contribution in [3.63, 3.8) is 0 Å². The van der Waals surface area contributed by atoms with Crippen LogP contribution in [0.25, 0.3) is 0 Å². The van der Waals surface area contributed by atoms with Crippen molar-refractivity contribution < 1.29 is 4.39 Å². The lowest BCUT2D eigenvalue weighted by Gasteiger charge is -2.19. The molecule has 0 aromatic heterocycles. The fourth-order valence-corrected chi connectivity index (χ4v) is 1.74. The van der Waals surface area contributed by atoms with Crippen LogP contribution in [0.5, 0.6) is 0 Å². The molecule has 0 amide bonds. The van der Waals surface area contributed by atoms with Crippen LogP contribution in [0.2, 0.25) is 0 Å². The SMILES string of the molecule is CN(c1ccc(C#N)cc1)c1cc(F)cc(C#N)c1. The number of hydrogen-bond donors (Lipinski definition) is 0. The molecule has 92 valence electrons. The Morgan fingerprint density at radius 3 is 2.11 bits per heavy atom. The number of halogens is 1. The van der Waals surface area contributed by atoms with Crippen LogP contribution in [0.3, 0.4) is 0 Å². The highest BCUT2D eigenvalue weighted by molar-refractivity contribution is 5.64. The molecule has 2 aromatic carbocycles. The zero-order valence-electron chi connectivity index (χ0n) is 10.3. The number of nitriles is 2. The van der Waals surface area contributed by atoms with E-state index in [1.165, 1.54) is 12.1 Å². The van der Waals surface area contributed by atoms with E-state index in [0.717, 1.165) is 5.69 Å². The second kappa shape index (κ2) is 5.20. The molecule has 0 spiro atoms. The highest BCUT2D eigenvalue weighted by atomic mass is 19.1. The van der Waals surface area contributed by atoms with Gasteiger partial charge in [0.2, 0.25) is 0 Å². The minimum atomic E-state index is -0.449. The quantitative estimate of drug-likeness (QED) is 0.822. The van der Waals surface area contributed by atoms with Crippen LogP contribution >= 0.6 is 0 Å². The minimum absolute atomic E-state index is 0.274. The highest BCUT2D eigenvalue weighted by Crippen LogP contribution is 2.25. The lowest BCUT2D eigenvalue weighted by Crippen LogP contribution is -2.09. The Labute approximate surface area is 110 Å². The summed E-state index contributed by atoms with van der Waals surface area (Å²) in [5.74, 6) is -0.449. The lowest BCUT2D eigenvalue weighted by atomic mass is 10.1. The Hall–Kier alpha value is -2.85. The van der Waals surface area contributed by atoms with Gasteiger partial charge < -0.3 is 4.90 Å². The molecule has 0 saturated heterocycles. The summed E-state index contributed by atoms with van der Waals surface area (Å²) in [7, 11) is 1.78. The van der Waals surface area contributed by atoms with E-state index < -0.39 is 5.82 Å². The van der Waals surface area contributed by atoms with Gasteiger partial charge in [0.15, 0.2) is 0 Å². The Bertz CT molecular complexity index is 678. The maximum Gasteiger partial charge on any atom is 0.126 e. The number of hydrogen-bond acceptors (Lipinski definition) is 3. The van der Waals surface area contributed by atoms with Crippen LogP contribution in [0.4, 0.5) is 15.8 Å². The molecule has 0 aliphatic rings. The first kappa shape index (κ1) is 12.6. The summed E-state index contributed by atoms with van der Waals surface area (Å²) >= 11 is 0. The van der Waals surface area contributed by atoms with Gasteiger partial charge in [0.25, 0.3) is 0 Å². The Morgan fingerprint density at radius 2 is 1.53 bits per heavy atom. The summed E-state index contributed by atoms with van der Waals surface area (Å²) in [6.07, 6.45) is 0. The first-order chi connectivity index (χ1) is 9.13. The summed E-state index contributed by atoms with van der Waals surface area (Å²) in [6.45, 7) is 0. The monoisotopic (exact) mass is 251 g/mol. The molecule has 2 aromatic rings. The normalized spacial score (nSPS) is 9.47. The summed E-state index contributed by atoms with van der Waals surface area (Å²) in [4.78, 5) is 1.76. The topological polar surface area (TPSA) is 50.8 Å². The second-order valence-corrected chi connectivity index (χ2v) is 4.03. The molecule has 0 heterocycles. The zero-order chi connectivity index (χ0) is 13.8. The maximum atomic E-state index is 13.4. The molecule has 2 rings (SSSR count). The predicted octanol–water partition coefficient (Wildman–Crippen LogP) is 3.34. The molecule has 0 atom stereocenters. The van der Waals surface area contributed by atoms with Gasteiger partial charge in [-0.15, -0.1) is 0 Å². The molecule has 0 aliphatic heterocycles. The molecule has 3 nitrogen and oxygen atoms in total. The van der Waals surface area contributed by atoms with Gasteiger partial charge in [0, 0.05) is 18.4 Å². The Balaban J connectivity index is 2.38. The van der Waals surface area contributed by atoms with E-state index in [9.17, 15) is 4.39 Å². The third-order valence-electron chi connectivity index (χ3n) is 2.78. The van der Waals surface area contributed by atoms with E-state index in [2.05, 4.69) is 0 Å². The zero-order valence-corrected chi connectivity index (χ0v) is 10.3. The van der Waals surface area contributed by atoms with Crippen LogP contribution in [0, 0.1) is 28.5 Å². The van der Waals surface area contributed by atoms with Gasteiger partial charge in [0.05, 0.1) is 23.3 Å². The van der Waals surface area contributed by atoms with Crippen molar-refractivity contribution in [2.75, 3.05) is 11.9 Å². The van der Waals surface area contributed by atoms with Crippen LogP contribution in [-0.4, -0.2) is 7.05 Å². The van der Waals surface area contributed by atoms with Gasteiger partial charge in [0.1, 0.15) is 5.82 Å². The molecule has 0 bridgehead atoms. The van der Waals surface area contributed by atoms with Crippen LogP contribution in [-0.2, 0) is 0 Å². The fraction of sp³-hybridized carbons (Fsp3) is 0.0667. The molecular formula is C15H10FN3. The van der Waals surface area contributed by atoms with E-state index in [1.807, 2.05) is 12.1 Å². The molecule has 0 fully saturated rings. The van der Waals surface area contributed by atoms with Crippen LogP contribution < -0.4 is 4.90 Å². The van der Waals surface area contributed by atoms with Gasteiger partial charge in [-0.05, 0) is 42.5 Å². The number of nitrogens with zero attached hydrogens (tertiary/aromatic N) is 3.